The number of esters is 1. The average molecular weight is 447 g/mol. The number of carboxylic acid groups (broad SMARTS) is 1. The van der Waals surface area contributed by atoms with Crippen LogP contribution in [0.2, 0.25) is 0 Å². The largest absolute Gasteiger partial charge is 0.480 e. The van der Waals surface area contributed by atoms with Crippen LogP contribution in [-0.4, -0.2) is 71.8 Å². The van der Waals surface area contributed by atoms with Crippen LogP contribution in [0.25, 0.3) is 0 Å². The van der Waals surface area contributed by atoms with Crippen molar-refractivity contribution in [3.8, 4) is 0 Å². The number of amides is 1. The number of rotatable bonds is 9. The molecule has 2 heterocycles. The maximum Gasteiger partial charge on any atom is 0.326 e. The molecule has 0 bridgehead atoms. The standard InChI is InChI=1S/C24H34N2O6/c1-3-32-24(30)19(11-9-17-7-5-4-6-8-17)25-16(2)22(27)26-20(23(28)29)12-10-18-13-14-31-15-21(18)26/h4-8,16,18-21,25H,3,9-15H2,1-2H3,(H,28,29)/t16?,18?,19-,20-,21?/m0/s1. The van der Waals surface area contributed by atoms with Crippen LogP contribution in [0.5, 0.6) is 0 Å². The highest BCUT2D eigenvalue weighted by Crippen LogP contribution is 2.34. The summed E-state index contributed by atoms with van der Waals surface area (Å²) in [6, 6.07) is 7.28. The van der Waals surface area contributed by atoms with Crippen molar-refractivity contribution in [1.29, 1.82) is 0 Å². The van der Waals surface area contributed by atoms with Crippen LogP contribution in [0.15, 0.2) is 30.3 Å². The molecule has 1 aromatic carbocycles. The molecule has 0 saturated carbocycles. The summed E-state index contributed by atoms with van der Waals surface area (Å²) in [6.45, 7) is 4.67. The number of fused-ring (bicyclic) bond motifs is 1. The van der Waals surface area contributed by atoms with Gasteiger partial charge in [0.25, 0.3) is 0 Å². The maximum atomic E-state index is 13.5. The van der Waals surface area contributed by atoms with Gasteiger partial charge in [0.1, 0.15) is 12.1 Å². The summed E-state index contributed by atoms with van der Waals surface area (Å²) in [7, 11) is 0. The number of benzene rings is 1. The summed E-state index contributed by atoms with van der Waals surface area (Å²) >= 11 is 0. The minimum Gasteiger partial charge on any atom is -0.480 e. The van der Waals surface area contributed by atoms with Crippen LogP contribution in [0.1, 0.15) is 45.1 Å². The molecule has 2 fully saturated rings. The fourth-order valence-corrected chi connectivity index (χ4v) is 4.78. The summed E-state index contributed by atoms with van der Waals surface area (Å²) in [5.74, 6) is -1.47. The minimum absolute atomic E-state index is 0.245. The number of ether oxygens (including phenoxy) is 2. The van der Waals surface area contributed by atoms with Crippen molar-refractivity contribution in [2.24, 2.45) is 5.92 Å². The van der Waals surface area contributed by atoms with Crippen molar-refractivity contribution in [1.82, 2.24) is 10.2 Å². The first-order chi connectivity index (χ1) is 15.4. The summed E-state index contributed by atoms with van der Waals surface area (Å²) in [5, 5.41) is 12.9. The quantitative estimate of drug-likeness (QED) is 0.559. The number of likely N-dealkylation sites (tertiary alicyclic amines) is 1. The Morgan fingerprint density at radius 1 is 1.22 bits per heavy atom. The molecule has 1 aromatic rings. The van der Waals surface area contributed by atoms with Crippen molar-refractivity contribution in [2.45, 2.75) is 70.1 Å². The zero-order valence-electron chi connectivity index (χ0n) is 18.9. The van der Waals surface area contributed by atoms with Crippen molar-refractivity contribution < 1.29 is 29.0 Å². The van der Waals surface area contributed by atoms with E-state index in [2.05, 4.69) is 5.32 Å². The second-order valence-corrected chi connectivity index (χ2v) is 8.59. The molecule has 0 radical (unpaired) electrons. The number of carboxylic acids is 1. The van der Waals surface area contributed by atoms with Crippen LogP contribution in [0.3, 0.4) is 0 Å². The zero-order chi connectivity index (χ0) is 23.1. The van der Waals surface area contributed by atoms with Gasteiger partial charge in [-0.25, -0.2) is 4.79 Å². The Labute approximate surface area is 189 Å². The maximum absolute atomic E-state index is 13.5. The smallest absolute Gasteiger partial charge is 0.326 e. The topological polar surface area (TPSA) is 105 Å². The summed E-state index contributed by atoms with van der Waals surface area (Å²) in [6.07, 6.45) is 3.16. The van der Waals surface area contributed by atoms with E-state index < -0.39 is 30.1 Å². The zero-order valence-corrected chi connectivity index (χ0v) is 18.9. The van der Waals surface area contributed by atoms with Gasteiger partial charge >= 0.3 is 11.9 Å². The van der Waals surface area contributed by atoms with Gasteiger partial charge in [-0.1, -0.05) is 30.3 Å². The van der Waals surface area contributed by atoms with Crippen molar-refractivity contribution in [3.05, 3.63) is 35.9 Å². The third-order valence-corrected chi connectivity index (χ3v) is 6.47. The van der Waals surface area contributed by atoms with Crippen LogP contribution < -0.4 is 5.32 Å². The van der Waals surface area contributed by atoms with Gasteiger partial charge in [-0.15, -0.1) is 0 Å². The first kappa shape index (κ1) is 24.2. The van der Waals surface area contributed by atoms with Crippen LogP contribution in [0, 0.1) is 5.92 Å². The number of piperidine rings is 1. The minimum atomic E-state index is -0.999. The Kier molecular flexibility index (Phi) is 8.64. The van der Waals surface area contributed by atoms with E-state index in [-0.39, 0.29) is 24.5 Å². The summed E-state index contributed by atoms with van der Waals surface area (Å²) in [4.78, 5) is 39.4. The number of carbonyl (C=O) groups excluding carboxylic acids is 2. The Bertz CT molecular complexity index is 786. The first-order valence-corrected chi connectivity index (χ1v) is 11.5. The molecule has 2 saturated heterocycles. The van der Waals surface area contributed by atoms with Gasteiger partial charge in [-0.2, -0.15) is 0 Å². The lowest BCUT2D eigenvalue weighted by molar-refractivity contribution is -0.163. The molecule has 176 valence electrons. The van der Waals surface area contributed by atoms with Crippen LogP contribution >= 0.6 is 0 Å². The predicted octanol–water partition coefficient (Wildman–Crippen LogP) is 2.01. The second-order valence-electron chi connectivity index (χ2n) is 8.59. The molecule has 2 aliphatic heterocycles. The monoisotopic (exact) mass is 446 g/mol. The molecular formula is C24H34N2O6. The van der Waals surface area contributed by atoms with E-state index >= 15 is 0 Å². The van der Waals surface area contributed by atoms with Gasteiger partial charge in [-0.3, -0.25) is 14.9 Å². The second kappa shape index (κ2) is 11.4. The highest BCUT2D eigenvalue weighted by atomic mass is 16.5. The number of nitrogens with zero attached hydrogens (tertiary/aromatic N) is 1. The number of nitrogens with one attached hydrogen (secondary N) is 1. The van der Waals surface area contributed by atoms with Crippen molar-refractivity contribution in [2.75, 3.05) is 19.8 Å². The predicted molar refractivity (Wildman–Crippen MR) is 118 cm³/mol. The lowest BCUT2D eigenvalue weighted by atomic mass is 9.82. The molecular weight excluding hydrogens is 412 g/mol. The number of hydrogen-bond acceptors (Lipinski definition) is 6. The van der Waals surface area contributed by atoms with Gasteiger partial charge in [0.05, 0.1) is 25.3 Å². The van der Waals surface area contributed by atoms with Crippen molar-refractivity contribution >= 4 is 17.8 Å². The molecule has 8 heteroatoms. The molecule has 5 atom stereocenters. The average Bonchev–Trinajstić information content (AvgIpc) is 2.81. The lowest BCUT2D eigenvalue weighted by Gasteiger charge is -2.47. The Morgan fingerprint density at radius 3 is 2.66 bits per heavy atom. The molecule has 32 heavy (non-hydrogen) atoms. The fourth-order valence-electron chi connectivity index (χ4n) is 4.78. The normalized spacial score (nSPS) is 24.8. The number of aliphatic carboxylic acids is 1. The van der Waals surface area contributed by atoms with E-state index in [1.165, 1.54) is 4.90 Å². The van der Waals surface area contributed by atoms with E-state index in [0.29, 0.717) is 32.5 Å². The lowest BCUT2D eigenvalue weighted by Crippen LogP contribution is -2.63. The van der Waals surface area contributed by atoms with E-state index in [9.17, 15) is 19.5 Å². The van der Waals surface area contributed by atoms with E-state index in [0.717, 1.165) is 18.4 Å². The summed E-state index contributed by atoms with van der Waals surface area (Å²) < 4.78 is 10.8. The molecule has 3 rings (SSSR count). The number of carbonyl (C=O) groups is 3. The Balaban J connectivity index is 1.72. The Morgan fingerprint density at radius 2 is 1.97 bits per heavy atom. The molecule has 2 N–H and O–H groups in total. The third kappa shape index (κ3) is 5.86. The first-order valence-electron chi connectivity index (χ1n) is 11.5. The van der Waals surface area contributed by atoms with E-state index in [4.69, 9.17) is 9.47 Å². The number of hydrogen-bond donors (Lipinski definition) is 2. The van der Waals surface area contributed by atoms with Gasteiger partial charge in [0, 0.05) is 6.61 Å². The van der Waals surface area contributed by atoms with Crippen LogP contribution in [-0.2, 0) is 30.3 Å². The molecule has 0 aromatic heterocycles. The third-order valence-electron chi connectivity index (χ3n) is 6.47. The van der Waals surface area contributed by atoms with Gasteiger partial charge in [0.15, 0.2) is 0 Å². The SMILES string of the molecule is CCOC(=O)[C@H](CCc1ccccc1)NC(C)C(=O)N1C2COCCC2CC[C@H]1C(=O)O. The van der Waals surface area contributed by atoms with Gasteiger partial charge < -0.3 is 19.5 Å². The fraction of sp³-hybridized carbons (Fsp3) is 0.625. The van der Waals surface area contributed by atoms with E-state index in [1.54, 1.807) is 13.8 Å². The van der Waals surface area contributed by atoms with E-state index in [1.807, 2.05) is 30.3 Å². The van der Waals surface area contributed by atoms with Crippen LogP contribution in [0.4, 0.5) is 0 Å². The summed E-state index contributed by atoms with van der Waals surface area (Å²) in [5.41, 5.74) is 1.09. The van der Waals surface area contributed by atoms with Gasteiger partial charge in [0.2, 0.25) is 5.91 Å². The molecule has 8 nitrogen and oxygen atoms in total. The molecule has 2 aliphatic rings. The highest BCUT2D eigenvalue weighted by molar-refractivity contribution is 5.88. The molecule has 0 aliphatic carbocycles. The molecule has 3 unspecified atom stereocenters. The number of aryl methyl sites for hydroxylation is 1. The highest BCUT2D eigenvalue weighted by Gasteiger charge is 2.45. The van der Waals surface area contributed by atoms with Crippen molar-refractivity contribution in [3.63, 3.8) is 0 Å². The molecule has 1 amide bonds. The molecule has 0 spiro atoms. The Hall–Kier alpha value is -2.45. The van der Waals surface area contributed by atoms with Gasteiger partial charge in [-0.05, 0) is 57.4 Å².